The minimum Gasteiger partial charge on any atom is -0.497 e. The number of anilines is 1. The molecule has 0 unspecified atom stereocenters. The molecule has 0 radical (unpaired) electrons. The molecule has 0 saturated carbocycles. The summed E-state index contributed by atoms with van der Waals surface area (Å²) in [6.45, 7) is 2.97. The van der Waals surface area contributed by atoms with E-state index < -0.39 is 0 Å². The SMILES string of the molecule is CCn1c(Cc2ccc(OC)cc2)nnc1SCC(=O)Nc1ccc2c(c1)OCO2. The Kier molecular flexibility index (Phi) is 6.08. The molecular formula is C21H22N4O4S. The molecule has 156 valence electrons. The van der Waals surface area contributed by atoms with Gasteiger partial charge in [-0.1, -0.05) is 23.9 Å². The van der Waals surface area contributed by atoms with Crippen molar-refractivity contribution in [3.05, 3.63) is 53.9 Å². The van der Waals surface area contributed by atoms with Gasteiger partial charge in [-0.05, 0) is 36.8 Å². The highest BCUT2D eigenvalue weighted by Crippen LogP contribution is 2.34. The number of nitrogens with one attached hydrogen (secondary N) is 1. The van der Waals surface area contributed by atoms with Crippen molar-refractivity contribution in [2.24, 2.45) is 0 Å². The zero-order valence-electron chi connectivity index (χ0n) is 16.8. The Hall–Kier alpha value is -3.20. The number of thioether (sulfide) groups is 1. The molecule has 0 bridgehead atoms. The van der Waals surface area contributed by atoms with E-state index in [1.165, 1.54) is 11.8 Å². The lowest BCUT2D eigenvalue weighted by Gasteiger charge is -2.08. The zero-order chi connectivity index (χ0) is 20.9. The molecule has 0 fully saturated rings. The van der Waals surface area contributed by atoms with E-state index in [1.807, 2.05) is 35.8 Å². The van der Waals surface area contributed by atoms with E-state index in [-0.39, 0.29) is 18.5 Å². The summed E-state index contributed by atoms with van der Waals surface area (Å²) in [7, 11) is 1.65. The Labute approximate surface area is 178 Å². The number of amides is 1. The van der Waals surface area contributed by atoms with E-state index in [9.17, 15) is 4.79 Å². The second-order valence-electron chi connectivity index (χ2n) is 6.57. The van der Waals surface area contributed by atoms with Crippen LogP contribution in [0.25, 0.3) is 0 Å². The van der Waals surface area contributed by atoms with E-state index in [2.05, 4.69) is 15.5 Å². The molecular weight excluding hydrogens is 404 g/mol. The van der Waals surface area contributed by atoms with Crippen LogP contribution < -0.4 is 19.5 Å². The van der Waals surface area contributed by atoms with Gasteiger partial charge < -0.3 is 24.1 Å². The Morgan fingerprint density at radius 1 is 1.17 bits per heavy atom. The highest BCUT2D eigenvalue weighted by atomic mass is 32.2. The van der Waals surface area contributed by atoms with Gasteiger partial charge in [-0.2, -0.15) is 0 Å². The first kappa shape index (κ1) is 20.1. The number of nitrogens with zero attached hydrogens (tertiary/aromatic N) is 3. The molecule has 3 aromatic rings. The molecule has 0 atom stereocenters. The highest BCUT2D eigenvalue weighted by molar-refractivity contribution is 7.99. The number of methoxy groups -OCH3 is 1. The fraction of sp³-hybridized carbons (Fsp3) is 0.286. The van der Waals surface area contributed by atoms with Gasteiger partial charge >= 0.3 is 0 Å². The number of rotatable bonds is 8. The van der Waals surface area contributed by atoms with Crippen molar-refractivity contribution in [3.63, 3.8) is 0 Å². The molecule has 2 heterocycles. The topological polar surface area (TPSA) is 87.5 Å². The second kappa shape index (κ2) is 9.08. The lowest BCUT2D eigenvalue weighted by Crippen LogP contribution is -2.14. The lowest BCUT2D eigenvalue weighted by molar-refractivity contribution is -0.113. The molecule has 0 spiro atoms. The molecule has 1 N–H and O–H groups in total. The van der Waals surface area contributed by atoms with Crippen LogP contribution in [-0.2, 0) is 17.8 Å². The molecule has 1 amide bonds. The monoisotopic (exact) mass is 426 g/mol. The van der Waals surface area contributed by atoms with Gasteiger partial charge in [0.2, 0.25) is 12.7 Å². The average Bonchev–Trinajstić information content (AvgIpc) is 3.38. The van der Waals surface area contributed by atoms with Crippen LogP contribution in [0.4, 0.5) is 5.69 Å². The molecule has 1 aliphatic rings. The van der Waals surface area contributed by atoms with Crippen molar-refractivity contribution in [1.29, 1.82) is 0 Å². The minimum atomic E-state index is -0.124. The summed E-state index contributed by atoms with van der Waals surface area (Å²) in [5, 5.41) is 12.2. The molecule has 30 heavy (non-hydrogen) atoms. The number of benzene rings is 2. The van der Waals surface area contributed by atoms with Gasteiger partial charge in [-0.25, -0.2) is 0 Å². The zero-order valence-corrected chi connectivity index (χ0v) is 17.6. The summed E-state index contributed by atoms with van der Waals surface area (Å²) in [4.78, 5) is 12.4. The lowest BCUT2D eigenvalue weighted by atomic mass is 10.1. The number of carbonyl (C=O) groups is 1. The summed E-state index contributed by atoms with van der Waals surface area (Å²) in [5.74, 6) is 3.11. The van der Waals surface area contributed by atoms with E-state index in [1.54, 1.807) is 25.3 Å². The molecule has 0 saturated heterocycles. The fourth-order valence-corrected chi connectivity index (χ4v) is 3.92. The third-order valence-corrected chi connectivity index (χ3v) is 5.59. The van der Waals surface area contributed by atoms with Crippen LogP contribution >= 0.6 is 11.8 Å². The van der Waals surface area contributed by atoms with Crippen LogP contribution in [0.3, 0.4) is 0 Å². The Morgan fingerprint density at radius 2 is 1.97 bits per heavy atom. The van der Waals surface area contributed by atoms with Crippen molar-refractivity contribution in [2.75, 3.05) is 25.0 Å². The summed E-state index contributed by atoms with van der Waals surface area (Å²) < 4.78 is 17.8. The maximum Gasteiger partial charge on any atom is 0.234 e. The van der Waals surface area contributed by atoms with Crippen LogP contribution in [0.1, 0.15) is 18.3 Å². The van der Waals surface area contributed by atoms with Gasteiger partial charge in [-0.15, -0.1) is 10.2 Å². The highest BCUT2D eigenvalue weighted by Gasteiger charge is 2.16. The summed E-state index contributed by atoms with van der Waals surface area (Å²) in [6, 6.07) is 13.2. The average molecular weight is 426 g/mol. The molecule has 4 rings (SSSR count). The Morgan fingerprint density at radius 3 is 2.73 bits per heavy atom. The van der Waals surface area contributed by atoms with Gasteiger partial charge in [0.1, 0.15) is 11.6 Å². The fourth-order valence-electron chi connectivity index (χ4n) is 3.10. The van der Waals surface area contributed by atoms with Crippen molar-refractivity contribution >= 4 is 23.4 Å². The van der Waals surface area contributed by atoms with Crippen LogP contribution in [-0.4, -0.2) is 40.3 Å². The predicted molar refractivity (Wildman–Crippen MR) is 113 cm³/mol. The standard InChI is InChI=1S/C21H22N4O4S/c1-3-25-19(10-14-4-7-16(27-2)8-5-14)23-24-21(25)30-12-20(26)22-15-6-9-17-18(11-15)29-13-28-17/h4-9,11H,3,10,12-13H2,1-2H3,(H,22,26). The smallest absolute Gasteiger partial charge is 0.234 e. The van der Waals surface area contributed by atoms with Gasteiger partial charge in [-0.3, -0.25) is 4.79 Å². The molecule has 9 heteroatoms. The summed E-state index contributed by atoms with van der Waals surface area (Å²) >= 11 is 1.36. The predicted octanol–water partition coefficient (Wildman–Crippen LogP) is 3.36. The maximum atomic E-state index is 12.4. The summed E-state index contributed by atoms with van der Waals surface area (Å²) in [5.41, 5.74) is 1.79. The number of hydrogen-bond acceptors (Lipinski definition) is 7. The van der Waals surface area contributed by atoms with Gasteiger partial charge in [0.05, 0.1) is 12.9 Å². The number of hydrogen-bond donors (Lipinski definition) is 1. The number of ether oxygens (including phenoxy) is 3. The van der Waals surface area contributed by atoms with Gasteiger partial charge in [0.15, 0.2) is 16.7 Å². The van der Waals surface area contributed by atoms with E-state index >= 15 is 0 Å². The first-order chi connectivity index (χ1) is 14.7. The molecule has 1 aliphatic heterocycles. The van der Waals surface area contributed by atoms with Gasteiger partial charge in [0.25, 0.3) is 0 Å². The van der Waals surface area contributed by atoms with Crippen molar-refractivity contribution in [1.82, 2.24) is 14.8 Å². The van der Waals surface area contributed by atoms with E-state index in [4.69, 9.17) is 14.2 Å². The third kappa shape index (κ3) is 4.51. The third-order valence-electron chi connectivity index (χ3n) is 4.62. The van der Waals surface area contributed by atoms with Crippen LogP contribution in [0, 0.1) is 0 Å². The Bertz CT molecular complexity index is 1040. The van der Waals surface area contributed by atoms with Crippen LogP contribution in [0.2, 0.25) is 0 Å². The second-order valence-corrected chi connectivity index (χ2v) is 7.52. The van der Waals surface area contributed by atoms with E-state index in [0.29, 0.717) is 23.6 Å². The van der Waals surface area contributed by atoms with Crippen LogP contribution in [0.5, 0.6) is 17.2 Å². The first-order valence-electron chi connectivity index (χ1n) is 9.53. The summed E-state index contributed by atoms with van der Waals surface area (Å²) in [6.07, 6.45) is 0.661. The number of aromatic nitrogens is 3. The minimum absolute atomic E-state index is 0.124. The Balaban J connectivity index is 1.36. The van der Waals surface area contributed by atoms with E-state index in [0.717, 1.165) is 28.8 Å². The van der Waals surface area contributed by atoms with Crippen molar-refractivity contribution < 1.29 is 19.0 Å². The maximum absolute atomic E-state index is 12.4. The molecule has 0 aliphatic carbocycles. The number of carbonyl (C=O) groups excluding carboxylic acids is 1. The normalized spacial score (nSPS) is 12.1. The quantitative estimate of drug-likeness (QED) is 0.553. The van der Waals surface area contributed by atoms with Gasteiger partial charge in [0, 0.05) is 24.7 Å². The molecule has 2 aromatic carbocycles. The van der Waals surface area contributed by atoms with Crippen molar-refractivity contribution in [3.8, 4) is 17.2 Å². The largest absolute Gasteiger partial charge is 0.497 e. The molecule has 8 nitrogen and oxygen atoms in total. The molecule has 1 aromatic heterocycles. The van der Waals surface area contributed by atoms with Crippen molar-refractivity contribution in [2.45, 2.75) is 25.0 Å². The first-order valence-corrected chi connectivity index (χ1v) is 10.5. The van der Waals surface area contributed by atoms with Crippen LogP contribution in [0.15, 0.2) is 47.6 Å². The number of fused-ring (bicyclic) bond motifs is 1.